The van der Waals surface area contributed by atoms with Crippen LogP contribution in [-0.4, -0.2) is 22.5 Å². The average molecular weight is 312 g/mol. The van der Waals surface area contributed by atoms with E-state index in [1.165, 1.54) is 11.8 Å². The Kier molecular flexibility index (Phi) is 4.15. The van der Waals surface area contributed by atoms with Crippen molar-refractivity contribution in [3.05, 3.63) is 71.3 Å². The quantitative estimate of drug-likeness (QED) is 0.845. The molecule has 1 amide bonds. The predicted molar refractivity (Wildman–Crippen MR) is 83.0 cm³/mol. The van der Waals surface area contributed by atoms with Gasteiger partial charge in [0.25, 0.3) is 5.91 Å². The third kappa shape index (κ3) is 2.85. The normalized spacial score (nSPS) is 16.6. The predicted octanol–water partition coefficient (Wildman–Crippen LogP) is 1.82. The van der Waals surface area contributed by atoms with Crippen molar-refractivity contribution in [2.75, 3.05) is 5.75 Å². The maximum Gasteiger partial charge on any atom is 0.255 e. The Morgan fingerprint density at radius 3 is 2.50 bits per heavy atom. The van der Waals surface area contributed by atoms with Gasteiger partial charge in [0, 0.05) is 17.9 Å². The smallest absolute Gasteiger partial charge is 0.255 e. The van der Waals surface area contributed by atoms with Gasteiger partial charge in [-0.05, 0) is 17.2 Å². The number of hydrogen-bond acceptors (Lipinski definition) is 4. The van der Waals surface area contributed by atoms with Crippen LogP contribution in [-0.2, 0) is 11.3 Å². The van der Waals surface area contributed by atoms with Crippen LogP contribution in [0, 0.1) is 0 Å². The number of thioether (sulfide) groups is 1. The van der Waals surface area contributed by atoms with Crippen molar-refractivity contribution in [3.8, 4) is 0 Å². The molecule has 0 saturated heterocycles. The van der Waals surface area contributed by atoms with Crippen molar-refractivity contribution in [1.29, 1.82) is 0 Å². The van der Waals surface area contributed by atoms with Gasteiger partial charge < -0.3 is 14.8 Å². The minimum absolute atomic E-state index is 0.0599. The highest BCUT2D eigenvalue weighted by Gasteiger charge is 2.36. The zero-order valence-corrected chi connectivity index (χ0v) is 12.6. The van der Waals surface area contributed by atoms with Gasteiger partial charge in [-0.15, -0.1) is 11.8 Å². The van der Waals surface area contributed by atoms with E-state index in [1.807, 2.05) is 48.5 Å². The Hall–Kier alpha value is -2.27. The van der Waals surface area contributed by atoms with E-state index in [0.29, 0.717) is 12.1 Å². The summed E-state index contributed by atoms with van der Waals surface area (Å²) >= 11 is 1.21. The number of carboxylic acid groups (broad SMARTS) is 1. The van der Waals surface area contributed by atoms with Crippen LogP contribution in [0.1, 0.15) is 26.9 Å². The van der Waals surface area contributed by atoms with Crippen LogP contribution >= 0.6 is 11.8 Å². The van der Waals surface area contributed by atoms with Crippen molar-refractivity contribution in [2.24, 2.45) is 0 Å². The highest BCUT2D eigenvalue weighted by molar-refractivity contribution is 8.00. The lowest BCUT2D eigenvalue weighted by molar-refractivity contribution is -0.301. The summed E-state index contributed by atoms with van der Waals surface area (Å²) in [5.41, 5.74) is 2.53. The summed E-state index contributed by atoms with van der Waals surface area (Å²) in [5, 5.41) is 10.5. The number of amides is 1. The topological polar surface area (TPSA) is 60.4 Å². The molecule has 4 nitrogen and oxygen atoms in total. The van der Waals surface area contributed by atoms with Crippen LogP contribution < -0.4 is 5.11 Å². The van der Waals surface area contributed by atoms with Gasteiger partial charge in [0.1, 0.15) is 5.37 Å². The number of carboxylic acids is 1. The number of aliphatic carboxylic acids is 1. The first-order valence-electron chi connectivity index (χ1n) is 6.92. The number of carbonyl (C=O) groups is 2. The third-order valence-corrected chi connectivity index (χ3v) is 4.78. The standard InChI is InChI=1S/C17H15NO3S/c19-15(20)11-22-17-14-9-5-4-8-13(14)16(21)18(17)10-12-6-2-1-3-7-12/h1-9,17H,10-11H2,(H,19,20)/p-1/t17-/m0/s1. The van der Waals surface area contributed by atoms with Crippen LogP contribution in [0.2, 0.25) is 0 Å². The van der Waals surface area contributed by atoms with E-state index in [2.05, 4.69) is 0 Å². The molecule has 2 aromatic rings. The second-order valence-corrected chi connectivity index (χ2v) is 6.11. The SMILES string of the molecule is O=C([O-])CS[C@H]1c2ccccc2C(=O)N1Cc1ccccc1. The Balaban J connectivity index is 1.90. The largest absolute Gasteiger partial charge is 0.549 e. The number of rotatable bonds is 5. The summed E-state index contributed by atoms with van der Waals surface area (Å²) in [5.74, 6) is -1.32. The third-order valence-electron chi connectivity index (χ3n) is 3.56. The second-order valence-electron chi connectivity index (χ2n) is 5.04. The van der Waals surface area contributed by atoms with Gasteiger partial charge in [-0.1, -0.05) is 48.5 Å². The molecule has 0 aromatic heterocycles. The molecular weight excluding hydrogens is 298 g/mol. The van der Waals surface area contributed by atoms with Crippen molar-refractivity contribution >= 4 is 23.6 Å². The lowest BCUT2D eigenvalue weighted by atomic mass is 10.1. The van der Waals surface area contributed by atoms with Crippen molar-refractivity contribution in [2.45, 2.75) is 11.9 Å². The number of hydrogen-bond donors (Lipinski definition) is 0. The maximum absolute atomic E-state index is 12.6. The molecule has 1 aliphatic rings. The molecule has 0 unspecified atom stereocenters. The van der Waals surface area contributed by atoms with Crippen LogP contribution in [0.3, 0.4) is 0 Å². The molecule has 1 aliphatic heterocycles. The molecule has 5 heteroatoms. The van der Waals surface area contributed by atoms with E-state index in [-0.39, 0.29) is 17.0 Å². The molecule has 0 fully saturated rings. The van der Waals surface area contributed by atoms with Gasteiger partial charge in [0.2, 0.25) is 0 Å². The molecular formula is C17H14NO3S-. The molecule has 3 rings (SSSR count). The molecule has 0 radical (unpaired) electrons. The minimum Gasteiger partial charge on any atom is -0.549 e. The molecule has 1 atom stereocenters. The van der Waals surface area contributed by atoms with Gasteiger partial charge in [-0.25, -0.2) is 0 Å². The van der Waals surface area contributed by atoms with Crippen molar-refractivity contribution in [1.82, 2.24) is 4.90 Å². The summed E-state index contributed by atoms with van der Waals surface area (Å²) in [4.78, 5) is 25.1. The molecule has 0 bridgehead atoms. The molecule has 0 saturated carbocycles. The highest BCUT2D eigenvalue weighted by atomic mass is 32.2. The van der Waals surface area contributed by atoms with E-state index < -0.39 is 5.97 Å². The van der Waals surface area contributed by atoms with Crippen LogP contribution in [0.25, 0.3) is 0 Å². The molecule has 0 spiro atoms. The molecule has 0 N–H and O–H groups in total. The molecule has 112 valence electrons. The Labute approximate surface area is 132 Å². The van der Waals surface area contributed by atoms with E-state index in [1.54, 1.807) is 11.0 Å². The van der Waals surface area contributed by atoms with Gasteiger partial charge in [0.15, 0.2) is 0 Å². The first kappa shape index (κ1) is 14.7. The number of benzene rings is 2. The van der Waals surface area contributed by atoms with E-state index in [0.717, 1.165) is 11.1 Å². The maximum atomic E-state index is 12.6. The Morgan fingerprint density at radius 2 is 1.77 bits per heavy atom. The van der Waals surface area contributed by atoms with Crippen LogP contribution in [0.5, 0.6) is 0 Å². The number of fused-ring (bicyclic) bond motifs is 1. The summed E-state index contributed by atoms with van der Waals surface area (Å²) < 4.78 is 0. The first-order valence-corrected chi connectivity index (χ1v) is 7.97. The lowest BCUT2D eigenvalue weighted by Gasteiger charge is -2.25. The number of nitrogens with zero attached hydrogens (tertiary/aromatic N) is 1. The molecule has 0 aliphatic carbocycles. The van der Waals surface area contributed by atoms with E-state index >= 15 is 0 Å². The van der Waals surface area contributed by atoms with Crippen LogP contribution in [0.4, 0.5) is 0 Å². The fourth-order valence-corrected chi connectivity index (χ4v) is 3.63. The van der Waals surface area contributed by atoms with E-state index in [9.17, 15) is 14.7 Å². The van der Waals surface area contributed by atoms with Crippen LogP contribution in [0.15, 0.2) is 54.6 Å². The summed E-state index contributed by atoms with van der Waals surface area (Å²) in [6.45, 7) is 0.457. The fraction of sp³-hybridized carbons (Fsp3) is 0.176. The molecule has 22 heavy (non-hydrogen) atoms. The van der Waals surface area contributed by atoms with Crippen molar-refractivity contribution in [3.63, 3.8) is 0 Å². The lowest BCUT2D eigenvalue weighted by Crippen LogP contribution is -2.29. The molecule has 2 aromatic carbocycles. The summed E-state index contributed by atoms with van der Waals surface area (Å²) in [7, 11) is 0. The van der Waals surface area contributed by atoms with E-state index in [4.69, 9.17) is 0 Å². The summed E-state index contributed by atoms with van der Waals surface area (Å²) in [6, 6.07) is 17.0. The Bertz CT molecular complexity index is 702. The summed E-state index contributed by atoms with van der Waals surface area (Å²) in [6.07, 6.45) is 0. The first-order chi connectivity index (χ1) is 10.7. The van der Waals surface area contributed by atoms with Gasteiger partial charge >= 0.3 is 0 Å². The highest BCUT2D eigenvalue weighted by Crippen LogP contribution is 2.41. The van der Waals surface area contributed by atoms with Gasteiger partial charge in [-0.2, -0.15) is 0 Å². The Morgan fingerprint density at radius 1 is 1.09 bits per heavy atom. The minimum atomic E-state index is -1.12. The van der Waals surface area contributed by atoms with Crippen molar-refractivity contribution < 1.29 is 14.7 Å². The van der Waals surface area contributed by atoms with Gasteiger partial charge in [-0.3, -0.25) is 4.79 Å². The zero-order chi connectivity index (χ0) is 15.5. The average Bonchev–Trinajstić information content (AvgIpc) is 2.79. The zero-order valence-electron chi connectivity index (χ0n) is 11.8. The fourth-order valence-electron chi connectivity index (χ4n) is 2.60. The number of carbonyl (C=O) groups excluding carboxylic acids is 2. The van der Waals surface area contributed by atoms with Gasteiger partial charge in [0.05, 0.1) is 5.97 Å². The molecule has 1 heterocycles. The second kappa shape index (κ2) is 6.23. The monoisotopic (exact) mass is 312 g/mol.